The molecule has 0 aromatic rings. The number of hydrogen-bond donors (Lipinski definition) is 0. The van der Waals surface area contributed by atoms with E-state index in [9.17, 15) is 19.5 Å². The largest absolute Gasteiger partial charge is 0.545 e. The van der Waals surface area contributed by atoms with Gasteiger partial charge in [-0.25, -0.2) is 0 Å². The molecular weight excluding hydrogens is 767 g/mol. The number of rotatable bonds is 43. The fraction of sp³-hybridized carbons (Fsp3) is 0.712. The first kappa shape index (κ1) is 57.7. The SMILES string of the molecule is CC/C=C\C/C=C\C/C=C\C/C=C\C/C=C\CCCCCCCCCCCC(=O)OC(COC(=O)CCCCCCC/C=C\CCCC)COC(OCC[N+](C)(C)C)C(=O)[O-]. The summed E-state index contributed by atoms with van der Waals surface area (Å²) < 4.78 is 22.5. The molecule has 0 heterocycles. The summed E-state index contributed by atoms with van der Waals surface area (Å²) in [5.74, 6) is -2.31. The number of hydrogen-bond acceptors (Lipinski definition) is 8. The number of carbonyl (C=O) groups excluding carboxylic acids is 3. The summed E-state index contributed by atoms with van der Waals surface area (Å²) in [4.78, 5) is 37.0. The van der Waals surface area contributed by atoms with Crippen LogP contribution in [0.3, 0.4) is 0 Å². The second-order valence-corrected chi connectivity index (χ2v) is 17.0. The highest BCUT2D eigenvalue weighted by atomic mass is 16.7. The zero-order valence-corrected chi connectivity index (χ0v) is 39.5. The Bertz CT molecular complexity index is 1230. The van der Waals surface area contributed by atoms with Gasteiger partial charge in [0.2, 0.25) is 0 Å². The van der Waals surface area contributed by atoms with Crippen LogP contribution in [-0.4, -0.2) is 82.3 Å². The lowest BCUT2D eigenvalue weighted by atomic mass is 10.1. The first-order valence-electron chi connectivity index (χ1n) is 24.1. The van der Waals surface area contributed by atoms with Crippen molar-refractivity contribution in [1.82, 2.24) is 0 Å². The smallest absolute Gasteiger partial charge is 0.306 e. The van der Waals surface area contributed by atoms with Crippen molar-refractivity contribution >= 4 is 17.9 Å². The molecule has 9 heteroatoms. The Labute approximate surface area is 373 Å². The minimum atomic E-state index is -1.63. The first-order chi connectivity index (χ1) is 29.6. The Kier molecular flexibility index (Phi) is 41.1. The lowest BCUT2D eigenvalue weighted by Gasteiger charge is -2.26. The second kappa shape index (κ2) is 43.4. The number of carboxylic acid groups (broad SMARTS) is 1. The summed E-state index contributed by atoms with van der Waals surface area (Å²) >= 11 is 0. The Morgan fingerprint density at radius 3 is 1.41 bits per heavy atom. The standard InChI is InChI=1S/C52H89NO8/c1-6-8-10-12-14-16-18-19-20-21-22-23-24-25-26-27-28-29-30-31-33-35-37-39-41-43-50(55)61-48(47-60-52(51(56)57)58-45-44-53(3,4)5)46-59-49(54)42-40-38-36-34-32-17-15-13-11-9-7-2/h8,10,13-16,19-20,22-23,25-26,48,52H,6-7,9,11-12,17-18,21,24,27-47H2,1-5H3/b10-8-,15-13-,16-14-,20-19-,23-22-,26-25-. The summed E-state index contributed by atoms with van der Waals surface area (Å²) in [7, 11) is 5.90. The van der Waals surface area contributed by atoms with Crippen LogP contribution in [0.25, 0.3) is 0 Å². The highest BCUT2D eigenvalue weighted by molar-refractivity contribution is 5.70. The van der Waals surface area contributed by atoms with Crippen molar-refractivity contribution in [1.29, 1.82) is 0 Å². The van der Waals surface area contributed by atoms with Crippen LogP contribution in [0.5, 0.6) is 0 Å². The van der Waals surface area contributed by atoms with Crippen LogP contribution >= 0.6 is 0 Å². The van der Waals surface area contributed by atoms with E-state index >= 15 is 0 Å². The van der Waals surface area contributed by atoms with Crippen molar-refractivity contribution in [3.63, 3.8) is 0 Å². The van der Waals surface area contributed by atoms with Gasteiger partial charge in [-0.15, -0.1) is 0 Å². The van der Waals surface area contributed by atoms with Crippen LogP contribution in [0.15, 0.2) is 72.9 Å². The maximum atomic E-state index is 12.8. The molecule has 0 amide bonds. The number of quaternary nitrogens is 1. The fourth-order valence-electron chi connectivity index (χ4n) is 6.19. The van der Waals surface area contributed by atoms with Crippen LogP contribution in [0, 0.1) is 0 Å². The van der Waals surface area contributed by atoms with Crippen LogP contribution in [0.1, 0.15) is 181 Å². The van der Waals surface area contributed by atoms with Crippen LogP contribution < -0.4 is 5.11 Å². The van der Waals surface area contributed by atoms with Gasteiger partial charge in [-0.1, -0.05) is 164 Å². The van der Waals surface area contributed by atoms with Crippen molar-refractivity contribution in [3.05, 3.63) is 72.9 Å². The van der Waals surface area contributed by atoms with E-state index in [2.05, 4.69) is 86.8 Å². The normalized spacial score (nSPS) is 13.5. The Morgan fingerprint density at radius 1 is 0.508 bits per heavy atom. The average molecular weight is 856 g/mol. The number of unbranched alkanes of at least 4 members (excludes halogenated alkanes) is 16. The van der Waals surface area contributed by atoms with Crippen LogP contribution in [0.2, 0.25) is 0 Å². The van der Waals surface area contributed by atoms with E-state index in [0.717, 1.165) is 103 Å². The second-order valence-electron chi connectivity index (χ2n) is 17.0. The third-order valence-electron chi connectivity index (χ3n) is 9.94. The molecule has 0 saturated heterocycles. The van der Waals surface area contributed by atoms with E-state index in [1.54, 1.807) is 0 Å². The number of carboxylic acids is 1. The van der Waals surface area contributed by atoms with Crippen molar-refractivity contribution in [2.24, 2.45) is 0 Å². The molecule has 0 N–H and O–H groups in total. The predicted octanol–water partition coefficient (Wildman–Crippen LogP) is 11.8. The maximum Gasteiger partial charge on any atom is 0.306 e. The van der Waals surface area contributed by atoms with E-state index < -0.39 is 24.3 Å². The third kappa shape index (κ3) is 44.6. The van der Waals surface area contributed by atoms with E-state index in [1.807, 2.05) is 21.1 Å². The summed E-state index contributed by atoms with van der Waals surface area (Å²) in [6.45, 7) is 4.55. The lowest BCUT2D eigenvalue weighted by molar-refractivity contribution is -0.870. The number of esters is 2. The number of allylic oxidation sites excluding steroid dienone is 12. The molecule has 0 aromatic heterocycles. The Morgan fingerprint density at radius 2 is 0.934 bits per heavy atom. The molecule has 0 bridgehead atoms. The van der Waals surface area contributed by atoms with Gasteiger partial charge >= 0.3 is 11.9 Å². The third-order valence-corrected chi connectivity index (χ3v) is 9.94. The molecule has 0 aromatic carbocycles. The predicted molar refractivity (Wildman–Crippen MR) is 251 cm³/mol. The summed E-state index contributed by atoms with van der Waals surface area (Å²) in [5, 5.41) is 11.7. The fourth-order valence-corrected chi connectivity index (χ4v) is 6.19. The Balaban J connectivity index is 4.33. The zero-order valence-electron chi connectivity index (χ0n) is 39.5. The molecule has 61 heavy (non-hydrogen) atoms. The maximum absolute atomic E-state index is 12.8. The number of carbonyl (C=O) groups is 3. The topological polar surface area (TPSA) is 111 Å². The highest BCUT2D eigenvalue weighted by Gasteiger charge is 2.21. The number of nitrogens with zero attached hydrogens (tertiary/aromatic N) is 1. The monoisotopic (exact) mass is 856 g/mol. The summed E-state index contributed by atoms with van der Waals surface area (Å²) in [6, 6.07) is 0. The van der Waals surface area contributed by atoms with Gasteiger partial charge in [-0.3, -0.25) is 9.59 Å². The summed E-state index contributed by atoms with van der Waals surface area (Å²) in [6.07, 6.45) is 50.8. The Hall–Kier alpha value is -3.27. The van der Waals surface area contributed by atoms with Crippen molar-refractivity contribution in [3.8, 4) is 0 Å². The zero-order chi connectivity index (χ0) is 44.9. The molecule has 2 atom stereocenters. The molecule has 0 fully saturated rings. The molecule has 0 spiro atoms. The van der Waals surface area contributed by atoms with Crippen LogP contribution in [0.4, 0.5) is 0 Å². The lowest BCUT2D eigenvalue weighted by Crippen LogP contribution is -2.44. The molecule has 0 aliphatic carbocycles. The van der Waals surface area contributed by atoms with Gasteiger partial charge in [0.05, 0.1) is 40.3 Å². The quantitative estimate of drug-likeness (QED) is 0.0196. The molecule has 2 unspecified atom stereocenters. The minimum absolute atomic E-state index is 0.142. The molecule has 350 valence electrons. The molecule has 0 aliphatic rings. The van der Waals surface area contributed by atoms with Gasteiger partial charge in [0.25, 0.3) is 0 Å². The van der Waals surface area contributed by atoms with E-state index in [0.29, 0.717) is 17.4 Å². The van der Waals surface area contributed by atoms with Gasteiger partial charge in [-0.05, 0) is 77.0 Å². The highest BCUT2D eigenvalue weighted by Crippen LogP contribution is 2.14. The number of aliphatic carboxylic acids is 1. The van der Waals surface area contributed by atoms with E-state index in [-0.39, 0.29) is 38.6 Å². The molecule has 0 radical (unpaired) electrons. The van der Waals surface area contributed by atoms with Crippen LogP contribution in [-0.2, 0) is 33.3 Å². The van der Waals surface area contributed by atoms with Gasteiger partial charge in [0.15, 0.2) is 12.4 Å². The van der Waals surface area contributed by atoms with Crippen molar-refractivity contribution in [2.45, 2.75) is 193 Å². The van der Waals surface area contributed by atoms with E-state index in [4.69, 9.17) is 18.9 Å². The average Bonchev–Trinajstić information content (AvgIpc) is 3.22. The van der Waals surface area contributed by atoms with Crippen molar-refractivity contribution < 1.29 is 42.9 Å². The van der Waals surface area contributed by atoms with E-state index in [1.165, 1.54) is 44.9 Å². The minimum Gasteiger partial charge on any atom is -0.545 e. The molecular formula is C52H89NO8. The van der Waals surface area contributed by atoms with Gasteiger partial charge < -0.3 is 33.3 Å². The van der Waals surface area contributed by atoms with Gasteiger partial charge in [-0.2, -0.15) is 0 Å². The molecule has 0 saturated carbocycles. The molecule has 9 nitrogen and oxygen atoms in total. The van der Waals surface area contributed by atoms with Gasteiger partial charge in [0.1, 0.15) is 13.2 Å². The number of likely N-dealkylation sites (N-methyl/N-ethyl adjacent to an activating group) is 1. The molecule has 0 rings (SSSR count). The molecule has 0 aliphatic heterocycles. The van der Waals surface area contributed by atoms with Crippen molar-refractivity contribution in [2.75, 3.05) is 47.5 Å². The summed E-state index contributed by atoms with van der Waals surface area (Å²) in [5.41, 5.74) is 0. The van der Waals surface area contributed by atoms with Gasteiger partial charge in [0, 0.05) is 12.8 Å². The number of ether oxygens (including phenoxy) is 4. The first-order valence-corrected chi connectivity index (χ1v) is 24.1.